The summed E-state index contributed by atoms with van der Waals surface area (Å²) in [5.74, 6) is -1.53. The molecule has 0 aliphatic carbocycles. The molecule has 230 valence electrons. The molecule has 0 bridgehead atoms. The first-order valence-electron chi connectivity index (χ1n) is 13.6. The van der Waals surface area contributed by atoms with E-state index in [4.69, 9.17) is 9.15 Å². The predicted octanol–water partition coefficient (Wildman–Crippen LogP) is 5.88. The van der Waals surface area contributed by atoms with Gasteiger partial charge in [-0.3, -0.25) is 9.59 Å². The molecule has 0 saturated heterocycles. The SMILES string of the molecule is CNC(=O)c1c(-c2ccc(C)cc2)oc2nc(NCC(F)(F)F)c(-c3cnc(OC)c(C(=O)NC(C)(C#N)C(C)C)c3)cc12. The third-order valence-electron chi connectivity index (χ3n) is 7.27. The van der Waals surface area contributed by atoms with Gasteiger partial charge in [-0.1, -0.05) is 43.7 Å². The van der Waals surface area contributed by atoms with Gasteiger partial charge >= 0.3 is 6.18 Å². The zero-order valence-corrected chi connectivity index (χ0v) is 24.9. The van der Waals surface area contributed by atoms with Crippen LogP contribution < -0.4 is 20.7 Å². The van der Waals surface area contributed by atoms with Crippen molar-refractivity contribution < 1.29 is 31.9 Å². The molecule has 0 spiro atoms. The number of pyridine rings is 2. The van der Waals surface area contributed by atoms with Crippen molar-refractivity contribution in [3.8, 4) is 34.4 Å². The summed E-state index contributed by atoms with van der Waals surface area (Å²) in [5, 5.41) is 17.5. The standard InChI is InChI=1S/C31H31F3N6O4/c1-16(2)30(4,14-35)40-26(41)22-11-19(13-37-28(22)43-6)20-12-21-23(27(42)36-5)24(18-9-7-17(3)8-10-18)44-29(21)39-25(20)38-15-31(32,33)34/h7-13,16H,15H2,1-6H3,(H,36,42)(H,38,39)(H,40,41). The first kappa shape index (κ1) is 31.8. The molecule has 1 aromatic carbocycles. The number of nitrogens with zero attached hydrogens (tertiary/aromatic N) is 3. The Labute approximate surface area is 251 Å². The lowest BCUT2D eigenvalue weighted by molar-refractivity contribution is -0.115. The highest BCUT2D eigenvalue weighted by molar-refractivity contribution is 6.11. The number of nitriles is 1. The molecule has 1 atom stereocenters. The summed E-state index contributed by atoms with van der Waals surface area (Å²) < 4.78 is 51.2. The van der Waals surface area contributed by atoms with Crippen molar-refractivity contribution in [1.82, 2.24) is 20.6 Å². The van der Waals surface area contributed by atoms with Gasteiger partial charge in [0.15, 0.2) is 0 Å². The third-order valence-corrected chi connectivity index (χ3v) is 7.27. The minimum atomic E-state index is -4.58. The van der Waals surface area contributed by atoms with Gasteiger partial charge in [-0.2, -0.15) is 23.4 Å². The Bertz CT molecular complexity index is 1760. The lowest BCUT2D eigenvalue weighted by Crippen LogP contribution is -2.48. The maximum Gasteiger partial charge on any atom is 0.405 e. The minimum absolute atomic E-state index is 0.0620. The van der Waals surface area contributed by atoms with Gasteiger partial charge in [0.25, 0.3) is 11.8 Å². The summed E-state index contributed by atoms with van der Waals surface area (Å²) in [4.78, 5) is 35.1. The number of carbonyl (C=O) groups excluding carboxylic acids is 2. The number of hydrogen-bond acceptors (Lipinski definition) is 8. The van der Waals surface area contributed by atoms with Crippen molar-refractivity contribution >= 4 is 28.7 Å². The van der Waals surface area contributed by atoms with Crippen molar-refractivity contribution in [2.75, 3.05) is 26.0 Å². The number of aromatic nitrogens is 2. The third kappa shape index (κ3) is 6.44. The molecule has 4 aromatic rings. The molecular weight excluding hydrogens is 577 g/mol. The van der Waals surface area contributed by atoms with Crippen LogP contribution in [0.1, 0.15) is 47.1 Å². The molecule has 3 heterocycles. The van der Waals surface area contributed by atoms with E-state index in [0.717, 1.165) is 5.56 Å². The van der Waals surface area contributed by atoms with Gasteiger partial charge in [-0.05, 0) is 31.9 Å². The zero-order chi connectivity index (χ0) is 32.4. The number of methoxy groups -OCH3 is 1. The first-order chi connectivity index (χ1) is 20.7. The van der Waals surface area contributed by atoms with Crippen LogP contribution in [0.3, 0.4) is 0 Å². The Morgan fingerprint density at radius 2 is 1.80 bits per heavy atom. The highest BCUT2D eigenvalue weighted by Crippen LogP contribution is 2.39. The van der Waals surface area contributed by atoms with Crippen molar-refractivity contribution in [2.45, 2.75) is 39.4 Å². The maximum atomic E-state index is 13.4. The lowest BCUT2D eigenvalue weighted by Gasteiger charge is -2.27. The number of furan rings is 1. The molecular formula is C31H31F3N6O4. The van der Waals surface area contributed by atoms with Crippen LogP contribution in [0.5, 0.6) is 5.88 Å². The second kappa shape index (κ2) is 12.2. The van der Waals surface area contributed by atoms with E-state index in [9.17, 15) is 28.0 Å². The summed E-state index contributed by atoms with van der Waals surface area (Å²) in [6.07, 6.45) is -3.27. The Kier molecular flexibility index (Phi) is 8.85. The maximum absolute atomic E-state index is 13.4. The molecule has 4 rings (SSSR count). The number of anilines is 1. The Hall–Kier alpha value is -5.12. The predicted molar refractivity (Wildman–Crippen MR) is 158 cm³/mol. The number of amides is 2. The normalized spacial score (nSPS) is 12.8. The van der Waals surface area contributed by atoms with E-state index < -0.39 is 30.1 Å². The fourth-order valence-electron chi connectivity index (χ4n) is 4.35. The summed E-state index contributed by atoms with van der Waals surface area (Å²) >= 11 is 0. The van der Waals surface area contributed by atoms with E-state index in [2.05, 4.69) is 32.0 Å². The molecule has 3 aromatic heterocycles. The molecule has 1 unspecified atom stereocenters. The molecule has 3 N–H and O–H groups in total. The highest BCUT2D eigenvalue weighted by Gasteiger charge is 2.33. The van der Waals surface area contributed by atoms with E-state index in [1.165, 1.54) is 32.5 Å². The number of carbonyl (C=O) groups is 2. The Morgan fingerprint density at radius 1 is 1.11 bits per heavy atom. The zero-order valence-electron chi connectivity index (χ0n) is 24.9. The minimum Gasteiger partial charge on any atom is -0.480 e. The average molecular weight is 609 g/mol. The van der Waals surface area contributed by atoms with Crippen molar-refractivity contribution in [3.63, 3.8) is 0 Å². The van der Waals surface area contributed by atoms with E-state index in [1.807, 2.05) is 19.1 Å². The number of ether oxygens (including phenoxy) is 1. The number of nitrogens with one attached hydrogen (secondary N) is 3. The fourth-order valence-corrected chi connectivity index (χ4v) is 4.35. The largest absolute Gasteiger partial charge is 0.480 e. The second-order valence-corrected chi connectivity index (χ2v) is 10.7. The number of rotatable bonds is 9. The van der Waals surface area contributed by atoms with Crippen molar-refractivity contribution in [3.05, 3.63) is 59.3 Å². The van der Waals surface area contributed by atoms with Crippen LogP contribution in [-0.4, -0.2) is 54.2 Å². The molecule has 2 amide bonds. The van der Waals surface area contributed by atoms with Crippen LogP contribution in [0.4, 0.5) is 19.0 Å². The van der Waals surface area contributed by atoms with Gasteiger partial charge in [0, 0.05) is 29.9 Å². The van der Waals surface area contributed by atoms with Gasteiger partial charge in [0.1, 0.15) is 29.2 Å². The van der Waals surface area contributed by atoms with Crippen LogP contribution >= 0.6 is 0 Å². The van der Waals surface area contributed by atoms with E-state index in [-0.39, 0.29) is 56.7 Å². The second-order valence-electron chi connectivity index (χ2n) is 10.7. The lowest BCUT2D eigenvalue weighted by atomic mass is 9.89. The van der Waals surface area contributed by atoms with Gasteiger partial charge in [-0.25, -0.2) is 4.98 Å². The number of benzene rings is 1. The van der Waals surface area contributed by atoms with Gasteiger partial charge in [0.05, 0.1) is 24.1 Å². The van der Waals surface area contributed by atoms with Crippen LogP contribution in [0, 0.1) is 24.2 Å². The monoisotopic (exact) mass is 608 g/mol. The smallest absolute Gasteiger partial charge is 0.405 e. The summed E-state index contributed by atoms with van der Waals surface area (Å²) in [6.45, 7) is 5.60. The molecule has 0 fully saturated rings. The topological polar surface area (TPSA) is 142 Å². The first-order valence-corrected chi connectivity index (χ1v) is 13.6. The van der Waals surface area contributed by atoms with Crippen LogP contribution in [0.25, 0.3) is 33.6 Å². The van der Waals surface area contributed by atoms with Crippen molar-refractivity contribution in [2.24, 2.45) is 5.92 Å². The van der Waals surface area contributed by atoms with Gasteiger partial charge in [-0.15, -0.1) is 0 Å². The molecule has 0 aliphatic rings. The molecule has 10 nitrogen and oxygen atoms in total. The van der Waals surface area contributed by atoms with Crippen LogP contribution in [0.15, 0.2) is 47.0 Å². The molecule has 44 heavy (non-hydrogen) atoms. The number of hydrogen-bond donors (Lipinski definition) is 3. The van der Waals surface area contributed by atoms with Crippen LogP contribution in [0.2, 0.25) is 0 Å². The number of fused-ring (bicyclic) bond motifs is 1. The van der Waals surface area contributed by atoms with Crippen LogP contribution in [-0.2, 0) is 0 Å². The average Bonchev–Trinajstić information content (AvgIpc) is 3.36. The number of alkyl halides is 3. The summed E-state index contributed by atoms with van der Waals surface area (Å²) in [7, 11) is 2.75. The van der Waals surface area contributed by atoms with Crippen molar-refractivity contribution in [1.29, 1.82) is 5.26 Å². The molecule has 0 saturated carbocycles. The highest BCUT2D eigenvalue weighted by atomic mass is 19.4. The Morgan fingerprint density at radius 3 is 2.36 bits per heavy atom. The number of halogens is 3. The summed E-state index contributed by atoms with van der Waals surface area (Å²) in [6, 6.07) is 12.1. The van der Waals surface area contributed by atoms with E-state index in [0.29, 0.717) is 5.56 Å². The molecule has 0 radical (unpaired) electrons. The quantitative estimate of drug-likeness (QED) is 0.214. The molecule has 13 heteroatoms. The van der Waals surface area contributed by atoms with E-state index in [1.54, 1.807) is 32.9 Å². The summed E-state index contributed by atoms with van der Waals surface area (Å²) in [5.41, 5.74) is 0.600. The fraction of sp³-hybridized carbons (Fsp3) is 0.323. The van der Waals surface area contributed by atoms with Gasteiger partial charge in [0.2, 0.25) is 11.6 Å². The van der Waals surface area contributed by atoms with Gasteiger partial charge < -0.3 is 25.1 Å². The van der Waals surface area contributed by atoms with E-state index >= 15 is 0 Å². The number of aryl methyl sites for hydroxylation is 1. The molecule has 0 aliphatic heterocycles. The Balaban J connectivity index is 1.96.